The van der Waals surface area contributed by atoms with Gasteiger partial charge >= 0.3 is 0 Å². The Kier molecular flexibility index (Phi) is 3.88. The van der Waals surface area contributed by atoms with Gasteiger partial charge in [-0.3, -0.25) is 0 Å². The van der Waals surface area contributed by atoms with Gasteiger partial charge in [0.2, 0.25) is 9.84 Å². The molecule has 0 bridgehead atoms. The molecule has 0 atom stereocenters. The number of rotatable bonds is 3. The molecule has 0 aliphatic carbocycles. The molecule has 2 aromatic heterocycles. The first kappa shape index (κ1) is 15.3. The van der Waals surface area contributed by atoms with Crippen LogP contribution in [-0.2, 0) is 9.84 Å². The monoisotopic (exact) mass is 353 g/mol. The fourth-order valence-electron chi connectivity index (χ4n) is 2.14. The zero-order valence-corrected chi connectivity index (χ0v) is 14.2. The third kappa shape index (κ3) is 2.39. The van der Waals surface area contributed by atoms with Crippen LogP contribution in [0.25, 0.3) is 5.65 Å². The first-order valence-corrected chi connectivity index (χ1v) is 9.42. The first-order valence-electron chi connectivity index (χ1n) is 6.34. The van der Waals surface area contributed by atoms with Crippen molar-refractivity contribution in [2.75, 3.05) is 6.26 Å². The molecule has 0 amide bonds. The Morgan fingerprint density at radius 2 is 2.05 bits per heavy atom. The highest BCUT2D eigenvalue weighted by atomic mass is 35.5. The Labute approximate surface area is 137 Å². The smallest absolute Gasteiger partial charge is 0.213 e. The van der Waals surface area contributed by atoms with E-state index in [1.54, 1.807) is 35.2 Å². The largest absolute Gasteiger partial charge is 0.236 e. The molecule has 0 saturated carbocycles. The van der Waals surface area contributed by atoms with E-state index in [9.17, 15) is 8.42 Å². The Morgan fingerprint density at radius 1 is 1.27 bits per heavy atom. The second-order valence-corrected chi connectivity index (χ2v) is 7.74. The highest BCUT2D eigenvalue weighted by Gasteiger charge is 2.28. The van der Waals surface area contributed by atoms with E-state index in [1.165, 1.54) is 23.9 Å². The van der Waals surface area contributed by atoms with Crippen molar-refractivity contribution in [2.45, 2.75) is 21.7 Å². The van der Waals surface area contributed by atoms with Crippen molar-refractivity contribution in [2.24, 2.45) is 0 Å². The molecule has 0 unspecified atom stereocenters. The Bertz CT molecular complexity index is 967. The highest BCUT2D eigenvalue weighted by Crippen LogP contribution is 2.33. The molecule has 3 rings (SSSR count). The molecule has 0 spiro atoms. The van der Waals surface area contributed by atoms with E-state index in [-0.39, 0.29) is 9.79 Å². The molecule has 0 aliphatic heterocycles. The van der Waals surface area contributed by atoms with Gasteiger partial charge in [0.05, 0.1) is 4.90 Å². The van der Waals surface area contributed by atoms with E-state index in [0.29, 0.717) is 15.7 Å². The Morgan fingerprint density at radius 3 is 2.73 bits per heavy atom. The highest BCUT2D eigenvalue weighted by molar-refractivity contribution is 7.99. The lowest BCUT2D eigenvalue weighted by Gasteiger charge is -2.05. The number of thioether (sulfide) groups is 1. The average molecular weight is 354 g/mol. The topological polar surface area (TPSA) is 64.3 Å². The van der Waals surface area contributed by atoms with Crippen molar-refractivity contribution in [3.05, 3.63) is 47.2 Å². The molecule has 2 heterocycles. The number of hydrogen-bond donors (Lipinski definition) is 0. The third-order valence-corrected chi connectivity index (χ3v) is 6.03. The van der Waals surface area contributed by atoms with Crippen LogP contribution in [0.2, 0.25) is 5.02 Å². The maximum absolute atomic E-state index is 13.0. The van der Waals surface area contributed by atoms with Crippen LogP contribution in [-0.4, -0.2) is 29.3 Å². The Hall–Kier alpha value is -1.57. The van der Waals surface area contributed by atoms with E-state index in [4.69, 9.17) is 11.6 Å². The summed E-state index contributed by atoms with van der Waals surface area (Å²) in [6.45, 7) is 1.85. The van der Waals surface area contributed by atoms with E-state index in [2.05, 4.69) is 10.1 Å². The summed E-state index contributed by atoms with van der Waals surface area (Å²) in [7, 11) is -3.76. The van der Waals surface area contributed by atoms with E-state index in [0.717, 1.165) is 5.69 Å². The number of hydrogen-bond acceptors (Lipinski definition) is 5. The molecule has 0 saturated heterocycles. The molecule has 114 valence electrons. The predicted octanol–water partition coefficient (Wildman–Crippen LogP) is 3.25. The van der Waals surface area contributed by atoms with Crippen LogP contribution < -0.4 is 0 Å². The van der Waals surface area contributed by atoms with E-state index in [1.807, 2.05) is 6.92 Å². The van der Waals surface area contributed by atoms with E-state index >= 15 is 0 Å². The van der Waals surface area contributed by atoms with Gasteiger partial charge in [0.15, 0.2) is 10.5 Å². The van der Waals surface area contributed by atoms with Gasteiger partial charge in [-0.25, -0.2) is 17.9 Å². The summed E-state index contributed by atoms with van der Waals surface area (Å²) in [6.07, 6.45) is 3.36. The zero-order valence-electron chi connectivity index (χ0n) is 11.8. The number of fused-ring (bicyclic) bond motifs is 1. The molecular weight excluding hydrogens is 342 g/mol. The maximum Gasteiger partial charge on any atom is 0.213 e. The quantitative estimate of drug-likeness (QED) is 0.676. The van der Waals surface area contributed by atoms with Crippen LogP contribution in [0, 0.1) is 6.92 Å². The molecule has 0 radical (unpaired) electrons. The maximum atomic E-state index is 13.0. The molecule has 0 N–H and O–H groups in total. The molecule has 0 aliphatic rings. The number of nitrogens with zero attached hydrogens (tertiary/aromatic N) is 3. The minimum absolute atomic E-state index is 0.117. The van der Waals surface area contributed by atoms with Gasteiger partial charge < -0.3 is 0 Å². The standard InChI is InChI=1S/C14H12ClN3O2S2/c1-9-6-7-16-13-12(14(21-2)17-18(9)13)22(19,20)11-5-3-4-10(15)8-11/h3-8H,1-2H3. The van der Waals surface area contributed by atoms with Crippen molar-refractivity contribution in [1.82, 2.24) is 14.6 Å². The average Bonchev–Trinajstić information content (AvgIpc) is 2.88. The number of benzene rings is 1. The van der Waals surface area contributed by atoms with Crippen molar-refractivity contribution < 1.29 is 8.42 Å². The van der Waals surface area contributed by atoms with Crippen molar-refractivity contribution in [3.63, 3.8) is 0 Å². The minimum atomic E-state index is -3.76. The normalized spacial score (nSPS) is 12.0. The van der Waals surface area contributed by atoms with Crippen LogP contribution in [0.15, 0.2) is 51.3 Å². The lowest BCUT2D eigenvalue weighted by molar-refractivity contribution is 0.594. The van der Waals surface area contributed by atoms with Crippen molar-refractivity contribution in [3.8, 4) is 0 Å². The molecule has 8 heteroatoms. The summed E-state index contributed by atoms with van der Waals surface area (Å²) >= 11 is 7.19. The summed E-state index contributed by atoms with van der Waals surface area (Å²) in [5.74, 6) is 0. The molecule has 22 heavy (non-hydrogen) atoms. The summed E-state index contributed by atoms with van der Waals surface area (Å²) in [5.41, 5.74) is 1.14. The summed E-state index contributed by atoms with van der Waals surface area (Å²) < 4.78 is 27.5. The second kappa shape index (κ2) is 5.57. The summed E-state index contributed by atoms with van der Waals surface area (Å²) in [4.78, 5) is 4.45. The van der Waals surface area contributed by atoms with Gasteiger partial charge in [-0.05, 0) is 37.4 Å². The number of aromatic nitrogens is 3. The number of aryl methyl sites for hydroxylation is 1. The van der Waals surface area contributed by atoms with Gasteiger partial charge in [0.25, 0.3) is 0 Å². The zero-order chi connectivity index (χ0) is 15.9. The van der Waals surface area contributed by atoms with Crippen molar-refractivity contribution >= 4 is 38.8 Å². The van der Waals surface area contributed by atoms with Gasteiger partial charge in [0.1, 0.15) is 5.03 Å². The second-order valence-electron chi connectivity index (χ2n) is 4.62. The first-order chi connectivity index (χ1) is 10.4. The fraction of sp³-hybridized carbons (Fsp3) is 0.143. The third-order valence-electron chi connectivity index (χ3n) is 3.20. The number of sulfone groups is 1. The predicted molar refractivity (Wildman–Crippen MR) is 86.4 cm³/mol. The fourth-order valence-corrected chi connectivity index (χ4v) is 4.84. The number of halogens is 1. The van der Waals surface area contributed by atoms with Crippen LogP contribution in [0.3, 0.4) is 0 Å². The van der Waals surface area contributed by atoms with Crippen LogP contribution >= 0.6 is 23.4 Å². The van der Waals surface area contributed by atoms with Crippen LogP contribution in [0.5, 0.6) is 0 Å². The van der Waals surface area contributed by atoms with Gasteiger partial charge in [-0.2, -0.15) is 5.10 Å². The molecule has 3 aromatic rings. The SMILES string of the molecule is CSc1nn2c(C)ccnc2c1S(=O)(=O)c1cccc(Cl)c1. The molecule has 0 fully saturated rings. The van der Waals surface area contributed by atoms with Gasteiger partial charge in [-0.1, -0.05) is 17.7 Å². The van der Waals surface area contributed by atoms with E-state index < -0.39 is 9.84 Å². The summed E-state index contributed by atoms with van der Waals surface area (Å²) in [5, 5.41) is 5.14. The Balaban J connectivity index is 2.36. The van der Waals surface area contributed by atoms with Gasteiger partial charge in [-0.15, -0.1) is 11.8 Å². The summed E-state index contributed by atoms with van der Waals surface area (Å²) in [6, 6.07) is 7.97. The lowest BCUT2D eigenvalue weighted by atomic mass is 10.4. The molecular formula is C14H12ClN3O2S2. The van der Waals surface area contributed by atoms with Gasteiger partial charge in [0, 0.05) is 16.9 Å². The molecule has 1 aromatic carbocycles. The van der Waals surface area contributed by atoms with Crippen LogP contribution in [0.1, 0.15) is 5.69 Å². The van der Waals surface area contributed by atoms with Crippen molar-refractivity contribution in [1.29, 1.82) is 0 Å². The minimum Gasteiger partial charge on any atom is -0.236 e. The molecule has 5 nitrogen and oxygen atoms in total. The van der Waals surface area contributed by atoms with Crippen LogP contribution in [0.4, 0.5) is 0 Å². The lowest BCUT2D eigenvalue weighted by Crippen LogP contribution is -2.04.